The van der Waals surface area contributed by atoms with Crippen molar-refractivity contribution >= 4 is 17.4 Å². The van der Waals surface area contributed by atoms with Gasteiger partial charge in [-0.25, -0.2) is 0 Å². The number of amides is 1. The molecule has 0 fully saturated rings. The predicted molar refractivity (Wildman–Crippen MR) is 86.5 cm³/mol. The molecule has 0 aliphatic rings. The Hall–Kier alpha value is -2.62. The largest absolute Gasteiger partial charge is 0.497 e. The lowest BCUT2D eigenvalue weighted by molar-refractivity contribution is -0.115. The summed E-state index contributed by atoms with van der Waals surface area (Å²) in [6.07, 6.45) is -0.180. The van der Waals surface area contributed by atoms with Gasteiger partial charge in [0.15, 0.2) is 5.78 Å². The summed E-state index contributed by atoms with van der Waals surface area (Å²) in [7, 11) is 1.56. The molecule has 22 heavy (non-hydrogen) atoms. The van der Waals surface area contributed by atoms with E-state index >= 15 is 0 Å². The van der Waals surface area contributed by atoms with Crippen LogP contribution in [0.25, 0.3) is 0 Å². The summed E-state index contributed by atoms with van der Waals surface area (Å²) < 4.78 is 5.04. The number of ether oxygens (including phenoxy) is 1. The molecule has 0 aliphatic carbocycles. The molecule has 0 saturated carbocycles. The zero-order chi connectivity index (χ0) is 16.1. The number of aryl methyl sites for hydroxylation is 2. The molecule has 0 radical (unpaired) electrons. The Balaban J connectivity index is 2.03. The molecule has 0 aromatic heterocycles. The predicted octanol–water partition coefficient (Wildman–Crippen LogP) is 3.52. The second-order valence-electron chi connectivity index (χ2n) is 5.14. The fraction of sp³-hybridized carbons (Fsp3) is 0.222. The maximum atomic E-state index is 12.1. The van der Waals surface area contributed by atoms with Gasteiger partial charge in [0.25, 0.3) is 0 Å². The Morgan fingerprint density at radius 2 is 1.59 bits per heavy atom. The first kappa shape index (κ1) is 15.8. The summed E-state index contributed by atoms with van der Waals surface area (Å²) in [6.45, 7) is 3.85. The Bertz CT molecular complexity index is 670. The SMILES string of the molecule is COc1ccc(C(=O)CC(=O)Nc2c(C)cccc2C)cc1. The number of anilines is 1. The van der Waals surface area contributed by atoms with E-state index in [9.17, 15) is 9.59 Å². The monoisotopic (exact) mass is 297 g/mol. The number of carbonyl (C=O) groups is 2. The molecule has 0 spiro atoms. The van der Waals surface area contributed by atoms with E-state index in [1.807, 2.05) is 32.0 Å². The first-order chi connectivity index (χ1) is 10.5. The van der Waals surface area contributed by atoms with E-state index in [-0.39, 0.29) is 18.1 Å². The van der Waals surface area contributed by atoms with Crippen molar-refractivity contribution in [1.82, 2.24) is 0 Å². The van der Waals surface area contributed by atoms with E-state index in [4.69, 9.17) is 4.74 Å². The summed E-state index contributed by atoms with van der Waals surface area (Å²) in [4.78, 5) is 24.2. The molecule has 2 rings (SSSR count). The molecule has 0 bridgehead atoms. The third-order valence-corrected chi connectivity index (χ3v) is 3.48. The summed E-state index contributed by atoms with van der Waals surface area (Å²) in [5, 5.41) is 2.82. The van der Waals surface area contributed by atoms with Crippen LogP contribution < -0.4 is 10.1 Å². The third kappa shape index (κ3) is 3.73. The molecule has 1 amide bonds. The number of para-hydroxylation sites is 1. The van der Waals surface area contributed by atoms with Gasteiger partial charge in [-0.1, -0.05) is 18.2 Å². The first-order valence-electron chi connectivity index (χ1n) is 7.04. The van der Waals surface area contributed by atoms with Gasteiger partial charge >= 0.3 is 0 Å². The van der Waals surface area contributed by atoms with Gasteiger partial charge in [-0.2, -0.15) is 0 Å². The van der Waals surface area contributed by atoms with Crippen molar-refractivity contribution in [3.63, 3.8) is 0 Å². The highest BCUT2D eigenvalue weighted by Gasteiger charge is 2.13. The Kier molecular flexibility index (Phi) is 4.94. The van der Waals surface area contributed by atoms with E-state index in [1.54, 1.807) is 31.4 Å². The van der Waals surface area contributed by atoms with Crippen LogP contribution in [0.5, 0.6) is 5.75 Å². The molecular weight excluding hydrogens is 278 g/mol. The minimum Gasteiger partial charge on any atom is -0.497 e. The lowest BCUT2D eigenvalue weighted by atomic mass is 10.1. The van der Waals surface area contributed by atoms with Gasteiger partial charge in [0.05, 0.1) is 13.5 Å². The minimum atomic E-state index is -0.307. The van der Waals surface area contributed by atoms with Crippen LogP contribution >= 0.6 is 0 Å². The van der Waals surface area contributed by atoms with Crippen molar-refractivity contribution in [2.45, 2.75) is 20.3 Å². The number of carbonyl (C=O) groups excluding carboxylic acids is 2. The zero-order valence-electron chi connectivity index (χ0n) is 13.0. The van der Waals surface area contributed by atoms with Crippen molar-refractivity contribution in [2.75, 3.05) is 12.4 Å². The van der Waals surface area contributed by atoms with Crippen LogP contribution in [0.3, 0.4) is 0 Å². The lowest BCUT2D eigenvalue weighted by Gasteiger charge is -2.11. The number of rotatable bonds is 5. The van der Waals surface area contributed by atoms with Crippen LogP contribution in [0.4, 0.5) is 5.69 Å². The highest BCUT2D eigenvalue weighted by molar-refractivity contribution is 6.11. The van der Waals surface area contributed by atoms with Gasteiger partial charge in [0.2, 0.25) is 5.91 Å². The summed E-state index contributed by atoms with van der Waals surface area (Å²) >= 11 is 0. The molecule has 0 atom stereocenters. The molecule has 0 aliphatic heterocycles. The number of methoxy groups -OCH3 is 1. The number of hydrogen-bond acceptors (Lipinski definition) is 3. The average Bonchev–Trinajstić information content (AvgIpc) is 2.51. The summed E-state index contributed by atoms with van der Waals surface area (Å²) in [5.74, 6) is 0.154. The van der Waals surface area contributed by atoms with Gasteiger partial charge in [0, 0.05) is 11.3 Å². The second kappa shape index (κ2) is 6.89. The van der Waals surface area contributed by atoms with Gasteiger partial charge in [-0.15, -0.1) is 0 Å². The molecule has 4 nitrogen and oxygen atoms in total. The fourth-order valence-electron chi connectivity index (χ4n) is 2.22. The van der Waals surface area contributed by atoms with Gasteiger partial charge in [0.1, 0.15) is 5.75 Å². The number of ketones is 1. The van der Waals surface area contributed by atoms with Crippen LogP contribution in [-0.2, 0) is 4.79 Å². The molecular formula is C18H19NO3. The molecule has 0 heterocycles. The number of Topliss-reactive ketones (excluding diaryl/α,β-unsaturated/α-hetero) is 1. The standard InChI is InChI=1S/C18H19NO3/c1-12-5-4-6-13(2)18(12)19-17(21)11-16(20)14-7-9-15(22-3)10-8-14/h4-10H,11H2,1-3H3,(H,19,21). The van der Waals surface area contributed by atoms with E-state index in [0.717, 1.165) is 16.8 Å². The van der Waals surface area contributed by atoms with E-state index < -0.39 is 0 Å². The van der Waals surface area contributed by atoms with Crippen molar-refractivity contribution in [2.24, 2.45) is 0 Å². The van der Waals surface area contributed by atoms with Crippen molar-refractivity contribution in [3.8, 4) is 5.75 Å². The Morgan fingerprint density at radius 1 is 1.00 bits per heavy atom. The Labute approximate surface area is 130 Å². The third-order valence-electron chi connectivity index (χ3n) is 3.48. The first-order valence-corrected chi connectivity index (χ1v) is 7.04. The van der Waals surface area contributed by atoms with Crippen molar-refractivity contribution < 1.29 is 14.3 Å². The average molecular weight is 297 g/mol. The highest BCUT2D eigenvalue weighted by Crippen LogP contribution is 2.20. The van der Waals surface area contributed by atoms with E-state index in [0.29, 0.717) is 11.3 Å². The molecule has 4 heteroatoms. The summed E-state index contributed by atoms with van der Waals surface area (Å²) in [6, 6.07) is 12.5. The maximum Gasteiger partial charge on any atom is 0.232 e. The maximum absolute atomic E-state index is 12.1. The van der Waals surface area contributed by atoms with Gasteiger partial charge in [-0.05, 0) is 49.2 Å². The minimum absolute atomic E-state index is 0.180. The smallest absolute Gasteiger partial charge is 0.232 e. The van der Waals surface area contributed by atoms with Gasteiger partial charge in [-0.3, -0.25) is 9.59 Å². The zero-order valence-corrected chi connectivity index (χ0v) is 13.0. The lowest BCUT2D eigenvalue weighted by Crippen LogP contribution is -2.17. The second-order valence-corrected chi connectivity index (χ2v) is 5.14. The van der Waals surface area contributed by atoms with Crippen LogP contribution in [0.2, 0.25) is 0 Å². The molecule has 0 unspecified atom stereocenters. The molecule has 2 aromatic carbocycles. The van der Waals surface area contributed by atoms with Crippen molar-refractivity contribution in [3.05, 3.63) is 59.2 Å². The van der Waals surface area contributed by atoms with Gasteiger partial charge < -0.3 is 10.1 Å². The highest BCUT2D eigenvalue weighted by atomic mass is 16.5. The number of hydrogen-bond donors (Lipinski definition) is 1. The van der Waals surface area contributed by atoms with E-state index in [2.05, 4.69) is 5.32 Å². The van der Waals surface area contributed by atoms with Crippen molar-refractivity contribution in [1.29, 1.82) is 0 Å². The van der Waals surface area contributed by atoms with Crippen LogP contribution in [0.1, 0.15) is 27.9 Å². The topological polar surface area (TPSA) is 55.4 Å². The Morgan fingerprint density at radius 3 is 2.14 bits per heavy atom. The normalized spacial score (nSPS) is 10.1. The van der Waals surface area contributed by atoms with Crippen LogP contribution in [0.15, 0.2) is 42.5 Å². The number of nitrogens with one attached hydrogen (secondary N) is 1. The molecule has 2 aromatic rings. The number of benzene rings is 2. The van der Waals surface area contributed by atoms with Crippen LogP contribution in [0, 0.1) is 13.8 Å². The fourth-order valence-corrected chi connectivity index (χ4v) is 2.22. The van der Waals surface area contributed by atoms with E-state index in [1.165, 1.54) is 0 Å². The molecule has 1 N–H and O–H groups in total. The summed E-state index contributed by atoms with van der Waals surface area (Å²) in [5.41, 5.74) is 3.22. The molecule has 0 saturated heterocycles. The quantitative estimate of drug-likeness (QED) is 0.678. The van der Waals surface area contributed by atoms with Crippen LogP contribution in [-0.4, -0.2) is 18.8 Å². The molecule has 114 valence electrons.